The molecule has 1 heterocycles. The summed E-state index contributed by atoms with van der Waals surface area (Å²) < 4.78 is 33.5. The molecule has 3 aromatic carbocycles. The number of hydrogen-bond acceptors (Lipinski definition) is 1. The lowest BCUT2D eigenvalue weighted by Crippen LogP contribution is -1.97. The van der Waals surface area contributed by atoms with Gasteiger partial charge in [0, 0.05) is 16.5 Å². The fourth-order valence-corrected chi connectivity index (χ4v) is 3.54. The van der Waals surface area contributed by atoms with Crippen molar-refractivity contribution in [2.24, 2.45) is 0 Å². The van der Waals surface area contributed by atoms with Crippen LogP contribution in [0.5, 0.6) is 5.75 Å². The number of hydrogen-bond donors (Lipinski definition) is 0. The molecular weight excluding hydrogens is 368 g/mol. The van der Waals surface area contributed by atoms with E-state index in [1.54, 1.807) is 0 Å². The van der Waals surface area contributed by atoms with E-state index in [-0.39, 0.29) is 6.61 Å². The maximum Gasteiger partial charge on any atom is 0.157 e. The van der Waals surface area contributed by atoms with Gasteiger partial charge in [-0.3, -0.25) is 0 Å². The lowest BCUT2D eigenvalue weighted by molar-refractivity contribution is 0.358. The average Bonchev–Trinajstić information content (AvgIpc) is 3.01. The molecule has 0 bridgehead atoms. The Kier molecular flexibility index (Phi) is 4.93. The molecule has 0 aliphatic heterocycles. The minimum atomic E-state index is -1.10. The van der Waals surface area contributed by atoms with Crippen molar-refractivity contribution < 1.29 is 13.5 Å². The summed E-state index contributed by atoms with van der Waals surface area (Å²) in [6.07, 6.45) is 1.02. The molecular formula is C25H21F2NO. The predicted octanol–water partition coefficient (Wildman–Crippen LogP) is 7.12. The molecule has 0 atom stereocenters. The van der Waals surface area contributed by atoms with E-state index in [4.69, 9.17) is 4.74 Å². The van der Waals surface area contributed by atoms with Crippen LogP contribution < -0.4 is 4.74 Å². The predicted molar refractivity (Wildman–Crippen MR) is 115 cm³/mol. The minimum Gasteiger partial charge on any atom is -0.489 e. The van der Waals surface area contributed by atoms with Gasteiger partial charge in [0.15, 0.2) is 11.7 Å². The van der Waals surface area contributed by atoms with Gasteiger partial charge in [-0.25, -0.2) is 8.78 Å². The van der Waals surface area contributed by atoms with E-state index in [2.05, 4.69) is 61.4 Å². The smallest absolute Gasteiger partial charge is 0.157 e. The highest BCUT2D eigenvalue weighted by atomic mass is 19.2. The molecule has 0 aliphatic rings. The summed E-state index contributed by atoms with van der Waals surface area (Å²) in [5.74, 6) is -1.52. The van der Waals surface area contributed by atoms with Crippen LogP contribution in [-0.4, -0.2) is 11.2 Å². The zero-order valence-corrected chi connectivity index (χ0v) is 16.4. The van der Waals surface area contributed by atoms with E-state index in [1.165, 1.54) is 21.9 Å². The number of aromatic nitrogens is 1. The van der Waals surface area contributed by atoms with Crippen LogP contribution in [0.4, 0.5) is 8.78 Å². The first-order valence-corrected chi connectivity index (χ1v) is 9.39. The number of rotatable bonds is 5. The molecule has 2 nitrogen and oxygen atoms in total. The number of benzene rings is 3. The molecule has 0 aliphatic carbocycles. The molecule has 0 fully saturated rings. The van der Waals surface area contributed by atoms with Crippen molar-refractivity contribution >= 4 is 21.8 Å². The van der Waals surface area contributed by atoms with Crippen LogP contribution >= 0.6 is 0 Å². The summed E-state index contributed by atoms with van der Waals surface area (Å²) in [5.41, 5.74) is 5.72. The zero-order valence-electron chi connectivity index (χ0n) is 16.4. The normalized spacial score (nSPS) is 11.9. The fraction of sp³-hybridized carbons (Fsp3) is 0.120. The van der Waals surface area contributed by atoms with E-state index in [1.807, 2.05) is 24.3 Å². The van der Waals surface area contributed by atoms with Crippen molar-refractivity contribution in [2.75, 3.05) is 6.61 Å². The van der Waals surface area contributed by atoms with Gasteiger partial charge >= 0.3 is 0 Å². The number of ether oxygens (including phenoxy) is 1. The maximum atomic E-state index is 13.1. The quantitative estimate of drug-likeness (QED) is 0.332. The Bertz CT molecular complexity index is 1190. The highest BCUT2D eigenvalue weighted by Crippen LogP contribution is 2.33. The van der Waals surface area contributed by atoms with Crippen LogP contribution in [-0.2, 0) is 0 Å². The first-order valence-electron chi connectivity index (χ1n) is 9.39. The minimum absolute atomic E-state index is 0.0674. The Balaban J connectivity index is 1.73. The van der Waals surface area contributed by atoms with E-state index >= 15 is 0 Å². The van der Waals surface area contributed by atoms with E-state index < -0.39 is 11.7 Å². The molecule has 1 aromatic heterocycles. The third kappa shape index (κ3) is 3.66. The number of halogens is 2. The molecule has 0 spiro atoms. The summed E-state index contributed by atoms with van der Waals surface area (Å²) >= 11 is 0. The van der Waals surface area contributed by atoms with Crippen molar-refractivity contribution in [3.05, 3.63) is 96.1 Å². The Morgan fingerprint density at radius 1 is 0.897 bits per heavy atom. The second-order valence-electron chi connectivity index (χ2n) is 7.14. The second-order valence-corrected chi connectivity index (χ2v) is 7.14. The molecule has 0 N–H and O–H groups in total. The Labute approximate surface area is 168 Å². The van der Waals surface area contributed by atoms with Crippen LogP contribution in [0.2, 0.25) is 0 Å². The molecule has 0 saturated heterocycles. The highest BCUT2D eigenvalue weighted by molar-refractivity contribution is 6.09. The summed E-state index contributed by atoms with van der Waals surface area (Å²) in [7, 11) is 0. The van der Waals surface area contributed by atoms with Gasteiger partial charge < -0.3 is 9.30 Å². The third-order valence-electron chi connectivity index (χ3n) is 4.94. The van der Waals surface area contributed by atoms with Gasteiger partial charge in [-0.15, -0.1) is 0 Å². The lowest BCUT2D eigenvalue weighted by Gasteiger charge is -2.10. The maximum absolute atomic E-state index is 13.1. The molecule has 4 aromatic rings. The summed E-state index contributed by atoms with van der Waals surface area (Å²) in [5, 5.41) is 2.44. The van der Waals surface area contributed by atoms with Gasteiger partial charge in [0.25, 0.3) is 0 Å². The van der Waals surface area contributed by atoms with Crippen LogP contribution in [0.25, 0.3) is 27.5 Å². The second kappa shape index (κ2) is 7.55. The molecule has 0 unspecified atom stereocenters. The Morgan fingerprint density at radius 3 is 1.97 bits per heavy atom. The van der Waals surface area contributed by atoms with Crippen molar-refractivity contribution in [2.45, 2.75) is 13.8 Å². The van der Waals surface area contributed by atoms with Crippen molar-refractivity contribution in [3.8, 4) is 11.4 Å². The molecule has 4 heteroatoms. The van der Waals surface area contributed by atoms with Gasteiger partial charge in [0.05, 0.1) is 11.0 Å². The van der Waals surface area contributed by atoms with Crippen LogP contribution in [0, 0.1) is 13.8 Å². The number of allylic oxidation sites excluding steroid dienone is 2. The Morgan fingerprint density at radius 2 is 1.45 bits per heavy atom. The lowest BCUT2D eigenvalue weighted by atomic mass is 10.1. The van der Waals surface area contributed by atoms with E-state index in [0.29, 0.717) is 5.75 Å². The monoisotopic (exact) mass is 389 g/mol. The van der Waals surface area contributed by atoms with Gasteiger partial charge in [0.1, 0.15) is 12.4 Å². The van der Waals surface area contributed by atoms with Crippen LogP contribution in [0.1, 0.15) is 11.1 Å². The van der Waals surface area contributed by atoms with Gasteiger partial charge in [-0.1, -0.05) is 29.8 Å². The number of aryl methyl sites for hydroxylation is 2. The largest absolute Gasteiger partial charge is 0.489 e. The van der Waals surface area contributed by atoms with Gasteiger partial charge in [-0.05, 0) is 68.5 Å². The van der Waals surface area contributed by atoms with Crippen molar-refractivity contribution in [1.29, 1.82) is 0 Å². The molecule has 4 rings (SSSR count). The SMILES string of the molecule is C=C(F)C(F)=CCOc1ccc(-n2c3ccc(C)cc3c3cc(C)ccc32)cc1. The zero-order chi connectivity index (χ0) is 20.5. The summed E-state index contributed by atoms with van der Waals surface area (Å²) in [6.45, 7) is 7.04. The topological polar surface area (TPSA) is 14.2 Å². The molecule has 146 valence electrons. The standard InChI is InChI=1S/C25H21F2NO/c1-16-4-10-24-21(14-16)22-15-17(2)5-11-25(22)28(24)19-6-8-20(9-7-19)29-13-12-23(27)18(3)26/h4-12,14-15H,3,13H2,1-2H3. The van der Waals surface area contributed by atoms with Gasteiger partial charge in [-0.2, -0.15) is 0 Å². The van der Waals surface area contributed by atoms with E-state index in [0.717, 1.165) is 22.8 Å². The molecule has 0 saturated carbocycles. The molecule has 29 heavy (non-hydrogen) atoms. The van der Waals surface area contributed by atoms with Crippen molar-refractivity contribution in [3.63, 3.8) is 0 Å². The molecule has 0 amide bonds. The number of fused-ring (bicyclic) bond motifs is 3. The van der Waals surface area contributed by atoms with E-state index in [9.17, 15) is 8.78 Å². The number of nitrogens with zero attached hydrogens (tertiary/aromatic N) is 1. The van der Waals surface area contributed by atoms with Crippen molar-refractivity contribution in [1.82, 2.24) is 4.57 Å². The fourth-order valence-electron chi connectivity index (χ4n) is 3.54. The summed E-state index contributed by atoms with van der Waals surface area (Å²) in [4.78, 5) is 0. The first kappa shape index (κ1) is 18.9. The summed E-state index contributed by atoms with van der Waals surface area (Å²) in [6, 6.07) is 20.5. The van der Waals surface area contributed by atoms with Crippen LogP contribution in [0.3, 0.4) is 0 Å². The van der Waals surface area contributed by atoms with Gasteiger partial charge in [0.2, 0.25) is 0 Å². The molecule has 0 radical (unpaired) electrons. The van der Waals surface area contributed by atoms with Crippen LogP contribution in [0.15, 0.2) is 85.0 Å². The Hall–Kier alpha value is -3.40. The highest BCUT2D eigenvalue weighted by Gasteiger charge is 2.12. The first-order chi connectivity index (χ1) is 13.9. The third-order valence-corrected chi connectivity index (χ3v) is 4.94. The average molecular weight is 389 g/mol.